The second kappa shape index (κ2) is 11.2. The van der Waals surface area contributed by atoms with Gasteiger partial charge in [0.15, 0.2) is 49.3 Å². The van der Waals surface area contributed by atoms with Gasteiger partial charge in [-0.2, -0.15) is 0 Å². The SMILES string of the molecule is O=C1N2CN3C(=O)N4CN5C(=O)N6CN7C(=O)N[C@H]8[C@@H]7NC(=O)N8CN7C(=O)N(CN8C(=O)N(CN9C(=O)N%10CN%11C(=O)N%12CN%13C(=O)N[C@@H]%14[C@H]%13NC(=O)N%14CN%13C(=O)N(CN1C9C2%10)[C@H]%12[C@H]%11%13)C4C38)[C@@H]6[C@@H]57. The summed E-state index contributed by atoms with van der Waals surface area (Å²) < 4.78 is 0. The molecule has 4 unspecified atom stereocenters. The zero-order chi connectivity index (χ0) is 47.3. The van der Waals surface area contributed by atoms with Crippen LogP contribution in [0.25, 0.3) is 0 Å². The van der Waals surface area contributed by atoms with Crippen molar-refractivity contribution in [2.24, 2.45) is 0 Å². The van der Waals surface area contributed by atoms with E-state index >= 15 is 19.2 Å². The summed E-state index contributed by atoms with van der Waals surface area (Å²) in [6.45, 7) is -4.48. The summed E-state index contributed by atoms with van der Waals surface area (Å²) in [5.41, 5.74) is 0. The molecule has 32 bridgehead atoms. The van der Waals surface area contributed by atoms with Crippen LogP contribution in [-0.4, -0.2) is 311 Å². The zero-order valence-corrected chi connectivity index (χ0v) is 35.8. The molecule has 24 amide bonds. The molecule has 17 fully saturated rings. The van der Waals surface area contributed by atoms with Gasteiger partial charge in [-0.3, -0.25) is 98.0 Å². The van der Waals surface area contributed by atoms with Gasteiger partial charge in [0.2, 0.25) is 0 Å². The van der Waals surface area contributed by atoms with Crippen molar-refractivity contribution in [1.82, 2.24) is 119 Å². The van der Waals surface area contributed by atoms with E-state index < -0.39 is 186 Å². The molecule has 0 radical (unpaired) electrons. The Balaban J connectivity index is 0.752. The largest absolute Gasteiger partial charge is 0.326 e. The fourth-order valence-corrected chi connectivity index (χ4v) is 14.3. The highest BCUT2D eigenvalue weighted by Gasteiger charge is 2.73. The lowest BCUT2D eigenvalue weighted by Gasteiger charge is -2.41. The number of rotatable bonds is 0. The lowest BCUT2D eigenvalue weighted by Crippen LogP contribution is -2.62. The van der Waals surface area contributed by atoms with Gasteiger partial charge >= 0.3 is 72.4 Å². The number of amides is 24. The minimum Gasteiger partial charge on any atom is -0.314 e. The number of hydrogen-bond acceptors (Lipinski definition) is 12. The van der Waals surface area contributed by atoms with Crippen LogP contribution in [-0.2, 0) is 0 Å². The second-order valence-corrected chi connectivity index (χ2v) is 20.0. The lowest BCUT2D eigenvalue weighted by atomic mass is 10.3. The number of nitrogens with one attached hydrogen (secondary N) is 4. The van der Waals surface area contributed by atoms with Gasteiger partial charge in [-0.1, -0.05) is 0 Å². The van der Waals surface area contributed by atoms with E-state index in [1.54, 1.807) is 0 Å². The van der Waals surface area contributed by atoms with Crippen molar-refractivity contribution < 1.29 is 57.5 Å². The summed E-state index contributed by atoms with van der Waals surface area (Å²) in [5.74, 6) is 0. The third kappa shape index (κ3) is 3.76. The maximum absolute atomic E-state index is 15.2. The average Bonchev–Trinajstić information content (AvgIpc) is 4.24. The Morgan fingerprint density at radius 3 is 0.443 bits per heavy atom. The molecule has 4 N–H and O–H groups in total. The van der Waals surface area contributed by atoms with E-state index in [4.69, 9.17) is 0 Å². The topological polar surface area (TPSA) is 318 Å². The van der Waals surface area contributed by atoms with Crippen LogP contribution in [0.4, 0.5) is 57.5 Å². The first-order valence-corrected chi connectivity index (χ1v) is 22.6. The smallest absolute Gasteiger partial charge is 0.314 e. The molecule has 0 saturated carbocycles. The van der Waals surface area contributed by atoms with Crippen molar-refractivity contribution in [3.63, 3.8) is 0 Å². The molecular formula is C34H36N24O12. The Kier molecular flexibility index (Phi) is 5.97. The Hall–Kier alpha value is -8.76. The van der Waals surface area contributed by atoms with Crippen LogP contribution in [0.5, 0.6) is 0 Å². The van der Waals surface area contributed by atoms with E-state index in [2.05, 4.69) is 21.3 Å². The zero-order valence-electron chi connectivity index (χ0n) is 35.8. The Morgan fingerprint density at radius 1 is 0.200 bits per heavy atom. The molecule has 36 nitrogen and oxygen atoms in total. The van der Waals surface area contributed by atoms with Crippen molar-refractivity contribution in [3.8, 4) is 0 Å². The highest BCUT2D eigenvalue weighted by atomic mass is 16.2. The molecule has 17 aliphatic heterocycles. The number of carbonyl (C=O) groups excluding carboxylic acids is 12. The molecule has 70 heavy (non-hydrogen) atoms. The predicted octanol–water partition coefficient (Wildman–Crippen LogP) is -6.46. The minimum absolute atomic E-state index is 0.359. The average molecular weight is 973 g/mol. The van der Waals surface area contributed by atoms with E-state index in [-0.39, 0.29) is 26.7 Å². The van der Waals surface area contributed by atoms with Crippen molar-refractivity contribution in [3.05, 3.63) is 0 Å². The number of nitrogens with zero attached hydrogens (tertiary/aromatic N) is 20. The van der Waals surface area contributed by atoms with E-state index in [0.717, 1.165) is 0 Å². The van der Waals surface area contributed by atoms with Crippen LogP contribution in [0, 0.1) is 0 Å². The number of hydrogen-bond donors (Lipinski definition) is 4. The molecule has 17 heterocycles. The van der Waals surface area contributed by atoms with Gasteiger partial charge < -0.3 is 21.3 Å². The first kappa shape index (κ1) is 37.2. The summed E-state index contributed by atoms with van der Waals surface area (Å²) in [5, 5.41) is 11.0. The monoisotopic (exact) mass is 972 g/mol. The maximum Gasteiger partial charge on any atom is 0.326 e. The van der Waals surface area contributed by atoms with E-state index in [0.29, 0.717) is 0 Å². The van der Waals surface area contributed by atoms with Gasteiger partial charge in [0.05, 0.1) is 0 Å². The standard InChI is InChI=1S/C34H36N24O12/c59-23-36-12-11-35-24(60)40(12)2-44-16-15-43(1-39(11)23)27(63)48(16)6-52-20-19-51(5-47(15)28(44)64)31(67)56(20)10-58-22-21-53(34(58)70)7-49-17-18-46(29(49)65)4-42-14-13(37-26(42)62)41(25(61)38-14)3-45(17)30(66)50(18)8-54(22)33(69)57(21)9-55(19)32(52)68/h11-22H,1-10H2,(H,35,60)(H,36,59)(H,37,62)(H,38,61)/t11-,12-,13+,14+,15-,16-,17+,18+,19?,20?,21?,22?. The maximum atomic E-state index is 15.2. The van der Waals surface area contributed by atoms with Crippen molar-refractivity contribution in [2.75, 3.05) is 66.7 Å². The third-order valence-electron chi connectivity index (χ3n) is 17.2. The summed E-state index contributed by atoms with van der Waals surface area (Å²) in [6.07, 6.45) is -12.8. The van der Waals surface area contributed by atoms with Gasteiger partial charge in [0, 0.05) is 0 Å². The number of urea groups is 12. The highest BCUT2D eigenvalue weighted by molar-refractivity contribution is 5.94. The Labute approximate surface area is 389 Å². The molecular weight excluding hydrogens is 937 g/mol. The summed E-state index contributed by atoms with van der Waals surface area (Å²) in [7, 11) is 0. The van der Waals surface area contributed by atoms with Crippen LogP contribution < -0.4 is 21.3 Å². The van der Waals surface area contributed by atoms with Gasteiger partial charge in [0.1, 0.15) is 91.4 Å². The van der Waals surface area contributed by atoms with Crippen LogP contribution in [0.15, 0.2) is 0 Å². The fraction of sp³-hybridized carbons (Fsp3) is 0.647. The Morgan fingerprint density at radius 2 is 0.314 bits per heavy atom. The number of carbonyl (C=O) groups is 12. The van der Waals surface area contributed by atoms with Gasteiger partial charge in [-0.05, 0) is 0 Å². The van der Waals surface area contributed by atoms with Crippen LogP contribution >= 0.6 is 0 Å². The molecule has 364 valence electrons. The van der Waals surface area contributed by atoms with E-state index in [1.165, 1.54) is 98.0 Å². The molecule has 0 aromatic carbocycles. The summed E-state index contributed by atoms with van der Waals surface area (Å²) in [4.78, 5) is 199. The molecule has 17 rings (SSSR count). The van der Waals surface area contributed by atoms with Crippen LogP contribution in [0.2, 0.25) is 0 Å². The van der Waals surface area contributed by atoms with E-state index in [9.17, 15) is 38.4 Å². The molecule has 17 saturated heterocycles. The summed E-state index contributed by atoms with van der Waals surface area (Å²) >= 11 is 0. The first-order chi connectivity index (χ1) is 33.7. The van der Waals surface area contributed by atoms with Crippen molar-refractivity contribution in [2.45, 2.75) is 74.0 Å². The lowest BCUT2D eigenvalue weighted by molar-refractivity contribution is -0.00861. The van der Waals surface area contributed by atoms with E-state index in [1.807, 2.05) is 0 Å². The van der Waals surface area contributed by atoms with Crippen molar-refractivity contribution in [1.29, 1.82) is 0 Å². The molecule has 0 aromatic heterocycles. The normalized spacial score (nSPS) is 39.7. The molecule has 17 aliphatic rings. The van der Waals surface area contributed by atoms with Crippen LogP contribution in [0.1, 0.15) is 0 Å². The highest BCUT2D eigenvalue weighted by Crippen LogP contribution is 2.48. The first-order valence-electron chi connectivity index (χ1n) is 22.6. The summed E-state index contributed by atoms with van der Waals surface area (Å²) in [6, 6.07) is -7.62. The van der Waals surface area contributed by atoms with Gasteiger partial charge in [-0.15, -0.1) is 0 Å². The predicted molar refractivity (Wildman–Crippen MR) is 208 cm³/mol. The minimum atomic E-state index is -1.21. The van der Waals surface area contributed by atoms with Gasteiger partial charge in [0.25, 0.3) is 0 Å². The van der Waals surface area contributed by atoms with Crippen molar-refractivity contribution >= 4 is 72.4 Å². The molecule has 12 atom stereocenters. The van der Waals surface area contributed by atoms with Crippen LogP contribution in [0.3, 0.4) is 0 Å². The molecule has 0 aliphatic carbocycles. The molecule has 36 heteroatoms. The molecule has 0 aromatic rings. The second-order valence-electron chi connectivity index (χ2n) is 20.0. The fourth-order valence-electron chi connectivity index (χ4n) is 14.3. The van der Waals surface area contributed by atoms with Gasteiger partial charge in [-0.25, -0.2) is 57.5 Å². The third-order valence-corrected chi connectivity index (χ3v) is 17.2. The Bertz CT molecular complexity index is 2430. The molecule has 0 spiro atoms. The quantitative estimate of drug-likeness (QED) is 0.176.